The quantitative estimate of drug-likeness (QED) is 0.291. The molecule has 0 atom stereocenters. The first-order valence-corrected chi connectivity index (χ1v) is 13.2. The number of methoxy groups -OCH3 is 2. The van der Waals surface area contributed by atoms with Crippen LogP contribution in [0.2, 0.25) is 5.02 Å². The third-order valence-electron chi connectivity index (χ3n) is 6.45. The molecule has 0 bridgehead atoms. The number of hydrogen-bond acceptors (Lipinski definition) is 8. The summed E-state index contributed by atoms with van der Waals surface area (Å²) in [5, 5.41) is 9.78. The molecule has 9 nitrogen and oxygen atoms in total. The number of amides is 1. The first-order chi connectivity index (χ1) is 18.6. The number of para-hydroxylation sites is 1. The summed E-state index contributed by atoms with van der Waals surface area (Å²) in [6.07, 6.45) is 4.28. The van der Waals surface area contributed by atoms with E-state index < -0.39 is 0 Å². The van der Waals surface area contributed by atoms with Crippen molar-refractivity contribution in [3.63, 3.8) is 0 Å². The summed E-state index contributed by atoms with van der Waals surface area (Å²) in [6, 6.07) is 13.6. The minimum atomic E-state index is -0.182. The number of nitrogens with one attached hydrogen (secondary N) is 3. The van der Waals surface area contributed by atoms with Crippen molar-refractivity contribution in [1.29, 1.82) is 0 Å². The SMILES string of the molecule is COCCCNC(=O)c1ccccc1Nc1nc(Nc2ccc3c(c2)CCN(CCOC)CC3)ncc1Cl. The maximum atomic E-state index is 12.7. The van der Waals surface area contributed by atoms with Gasteiger partial charge < -0.3 is 30.3 Å². The molecular weight excluding hydrogens is 504 g/mol. The molecule has 3 aromatic rings. The Bertz CT molecular complexity index is 1220. The largest absolute Gasteiger partial charge is 0.385 e. The van der Waals surface area contributed by atoms with E-state index in [0.29, 0.717) is 41.2 Å². The van der Waals surface area contributed by atoms with Gasteiger partial charge in [-0.15, -0.1) is 0 Å². The van der Waals surface area contributed by atoms with Crippen molar-refractivity contribution >= 4 is 40.6 Å². The van der Waals surface area contributed by atoms with E-state index in [0.717, 1.165) is 51.2 Å². The Labute approximate surface area is 228 Å². The van der Waals surface area contributed by atoms with Gasteiger partial charge in [-0.05, 0) is 54.7 Å². The predicted molar refractivity (Wildman–Crippen MR) is 151 cm³/mol. The minimum Gasteiger partial charge on any atom is -0.385 e. The number of carbonyl (C=O) groups excluding carboxylic acids is 1. The van der Waals surface area contributed by atoms with Crippen molar-refractivity contribution in [2.45, 2.75) is 19.3 Å². The lowest BCUT2D eigenvalue weighted by atomic mass is 10.0. The highest BCUT2D eigenvalue weighted by Crippen LogP contribution is 2.28. The summed E-state index contributed by atoms with van der Waals surface area (Å²) in [6.45, 7) is 4.84. The Hall–Kier alpha value is -3.24. The maximum Gasteiger partial charge on any atom is 0.253 e. The molecule has 1 amide bonds. The molecule has 38 heavy (non-hydrogen) atoms. The number of carbonyl (C=O) groups is 1. The number of halogens is 1. The molecule has 0 saturated heterocycles. The zero-order valence-electron chi connectivity index (χ0n) is 21.9. The second-order valence-corrected chi connectivity index (χ2v) is 9.51. The van der Waals surface area contributed by atoms with Crippen LogP contribution >= 0.6 is 11.6 Å². The smallest absolute Gasteiger partial charge is 0.253 e. The molecule has 4 rings (SSSR count). The molecule has 2 aromatic carbocycles. The van der Waals surface area contributed by atoms with Crippen LogP contribution in [0.5, 0.6) is 0 Å². The van der Waals surface area contributed by atoms with Crippen molar-refractivity contribution in [2.24, 2.45) is 0 Å². The standard InChI is InChI=1S/C28H35ClN6O3/c1-37-16-5-12-30-27(36)23-6-3-4-7-25(23)33-26-24(29)19-31-28(34-26)32-22-9-8-20-10-13-35(15-17-38-2)14-11-21(20)18-22/h3-4,6-9,18-19H,5,10-17H2,1-2H3,(H,30,36)(H2,31,32,33,34). The summed E-state index contributed by atoms with van der Waals surface area (Å²) >= 11 is 6.42. The van der Waals surface area contributed by atoms with Gasteiger partial charge in [0.05, 0.1) is 24.1 Å². The number of nitrogens with zero attached hydrogens (tertiary/aromatic N) is 3. The van der Waals surface area contributed by atoms with Crippen molar-refractivity contribution in [3.05, 3.63) is 70.4 Å². The van der Waals surface area contributed by atoms with Crippen molar-refractivity contribution < 1.29 is 14.3 Å². The molecule has 10 heteroatoms. The van der Waals surface area contributed by atoms with E-state index in [-0.39, 0.29) is 5.91 Å². The zero-order chi connectivity index (χ0) is 26.7. The number of rotatable bonds is 12. The van der Waals surface area contributed by atoms with E-state index in [1.54, 1.807) is 26.5 Å². The maximum absolute atomic E-state index is 12.7. The number of ether oxygens (including phenoxy) is 2. The molecule has 0 fully saturated rings. The van der Waals surface area contributed by atoms with E-state index in [2.05, 4.69) is 49.0 Å². The van der Waals surface area contributed by atoms with E-state index in [1.807, 2.05) is 18.2 Å². The van der Waals surface area contributed by atoms with Gasteiger partial charge in [0.15, 0.2) is 5.82 Å². The van der Waals surface area contributed by atoms with E-state index >= 15 is 0 Å². The van der Waals surface area contributed by atoms with Crippen LogP contribution in [0.25, 0.3) is 0 Å². The molecule has 2 heterocycles. The zero-order valence-corrected chi connectivity index (χ0v) is 22.7. The molecule has 0 spiro atoms. The van der Waals surface area contributed by atoms with Gasteiger partial charge in [-0.25, -0.2) is 4.98 Å². The third kappa shape index (κ3) is 7.64. The van der Waals surface area contributed by atoms with Crippen molar-refractivity contribution in [3.8, 4) is 0 Å². The lowest BCUT2D eigenvalue weighted by Crippen LogP contribution is -2.29. The van der Waals surface area contributed by atoms with Gasteiger partial charge in [0.25, 0.3) is 5.91 Å². The second-order valence-electron chi connectivity index (χ2n) is 9.11. The van der Waals surface area contributed by atoms with Crippen LogP contribution in [0.4, 0.5) is 23.1 Å². The van der Waals surface area contributed by atoms with Gasteiger partial charge in [-0.1, -0.05) is 29.8 Å². The van der Waals surface area contributed by atoms with Crippen LogP contribution in [-0.4, -0.2) is 74.4 Å². The number of aromatic nitrogens is 2. The van der Waals surface area contributed by atoms with E-state index in [9.17, 15) is 4.79 Å². The lowest BCUT2D eigenvalue weighted by molar-refractivity contribution is 0.0949. The van der Waals surface area contributed by atoms with Crippen LogP contribution in [-0.2, 0) is 22.3 Å². The van der Waals surface area contributed by atoms with Gasteiger partial charge >= 0.3 is 0 Å². The van der Waals surface area contributed by atoms with Gasteiger partial charge in [0, 0.05) is 52.7 Å². The Morgan fingerprint density at radius 1 is 1.03 bits per heavy atom. The van der Waals surface area contributed by atoms with Gasteiger partial charge in [-0.2, -0.15) is 4.98 Å². The summed E-state index contributed by atoms with van der Waals surface area (Å²) in [5.41, 5.74) is 4.71. The molecule has 1 aromatic heterocycles. The molecular formula is C28H35ClN6O3. The van der Waals surface area contributed by atoms with E-state index in [4.69, 9.17) is 21.1 Å². The van der Waals surface area contributed by atoms with Gasteiger partial charge in [0.2, 0.25) is 5.95 Å². The van der Waals surface area contributed by atoms with Crippen LogP contribution in [0.3, 0.4) is 0 Å². The molecule has 1 aliphatic rings. The monoisotopic (exact) mass is 538 g/mol. The normalized spacial score (nSPS) is 13.4. The summed E-state index contributed by atoms with van der Waals surface area (Å²) < 4.78 is 10.3. The fourth-order valence-corrected chi connectivity index (χ4v) is 4.51. The fourth-order valence-electron chi connectivity index (χ4n) is 4.37. The highest BCUT2D eigenvalue weighted by atomic mass is 35.5. The third-order valence-corrected chi connectivity index (χ3v) is 6.73. The second kappa shape index (κ2) is 14.1. The Morgan fingerprint density at radius 3 is 2.63 bits per heavy atom. The summed E-state index contributed by atoms with van der Waals surface area (Å²) in [7, 11) is 3.38. The van der Waals surface area contributed by atoms with Crippen molar-refractivity contribution in [1.82, 2.24) is 20.2 Å². The Balaban J connectivity index is 1.45. The molecule has 0 radical (unpaired) electrons. The number of anilines is 4. The van der Waals surface area contributed by atoms with Crippen LogP contribution in [0.15, 0.2) is 48.7 Å². The number of hydrogen-bond donors (Lipinski definition) is 3. The van der Waals surface area contributed by atoms with Gasteiger partial charge in [-0.3, -0.25) is 4.79 Å². The number of benzene rings is 2. The van der Waals surface area contributed by atoms with Crippen LogP contribution < -0.4 is 16.0 Å². The topological polar surface area (TPSA) is 101 Å². The number of fused-ring (bicyclic) bond motifs is 1. The van der Waals surface area contributed by atoms with Gasteiger partial charge in [0.1, 0.15) is 5.02 Å². The molecule has 3 N–H and O–H groups in total. The molecule has 1 aliphatic heterocycles. The highest BCUT2D eigenvalue weighted by Gasteiger charge is 2.16. The molecule has 0 aliphatic carbocycles. The average molecular weight is 539 g/mol. The molecule has 202 valence electrons. The molecule has 0 saturated carbocycles. The molecule has 0 unspecified atom stereocenters. The Kier molecular flexibility index (Phi) is 10.3. The Morgan fingerprint density at radius 2 is 1.82 bits per heavy atom. The van der Waals surface area contributed by atoms with Crippen molar-refractivity contribution in [2.75, 3.05) is 64.2 Å². The van der Waals surface area contributed by atoms with Crippen LogP contribution in [0.1, 0.15) is 27.9 Å². The fraction of sp³-hybridized carbons (Fsp3) is 0.393. The lowest BCUT2D eigenvalue weighted by Gasteiger charge is -2.18. The first kappa shape index (κ1) is 27.8. The predicted octanol–water partition coefficient (Wildman–Crippen LogP) is 4.43. The van der Waals surface area contributed by atoms with Crippen LogP contribution in [0, 0.1) is 0 Å². The van der Waals surface area contributed by atoms with E-state index in [1.165, 1.54) is 11.1 Å². The minimum absolute atomic E-state index is 0.182. The average Bonchev–Trinajstić information content (AvgIpc) is 3.14. The summed E-state index contributed by atoms with van der Waals surface area (Å²) in [5.74, 6) is 0.638. The highest BCUT2D eigenvalue weighted by molar-refractivity contribution is 6.33. The first-order valence-electron chi connectivity index (χ1n) is 12.8. The summed E-state index contributed by atoms with van der Waals surface area (Å²) in [4.78, 5) is 24.1.